The summed E-state index contributed by atoms with van der Waals surface area (Å²) in [6.07, 6.45) is -8.57. The first-order valence-corrected chi connectivity index (χ1v) is 10.1. The van der Waals surface area contributed by atoms with E-state index in [4.69, 9.17) is 4.74 Å². The molecule has 0 saturated heterocycles. The van der Waals surface area contributed by atoms with Crippen LogP contribution >= 0.6 is 0 Å². The molecule has 0 aliphatic rings. The molecule has 4 amide bonds. The molecule has 10 heteroatoms. The highest BCUT2D eigenvalue weighted by Crippen LogP contribution is 2.13. The van der Waals surface area contributed by atoms with Crippen molar-refractivity contribution in [2.75, 3.05) is 6.61 Å². The largest absolute Gasteiger partial charge is 0.843 e. The molecule has 0 aromatic heterocycles. The Morgan fingerprint density at radius 3 is 1.53 bits per heavy atom. The molecule has 10 nitrogen and oxygen atoms in total. The lowest BCUT2D eigenvalue weighted by Crippen LogP contribution is -2.60. The van der Waals surface area contributed by atoms with Crippen LogP contribution in [-0.2, 0) is 23.9 Å². The molecule has 4 N–H and O–H groups in total. The molecule has 0 rings (SSSR count). The van der Waals surface area contributed by atoms with Gasteiger partial charge >= 0.3 is 0 Å². The highest BCUT2D eigenvalue weighted by atomic mass is 16.5. The molecule has 0 unspecified atom stereocenters. The standard InChI is InChI=1S/C20H35N2O8/c1-8-30-16(20(29)22-18(27)12(7)10(4)5)14(24)13(23)15(25)19(28)21-17(26)11(6)9(2)3/h9-16,23-24H,8H2,1-7H3,(H,21,26,28)(H,22,27,29)/q-1/t11-,12-,13+,14+,15+,16+/m0/s1. The molecule has 0 heterocycles. The van der Waals surface area contributed by atoms with Crippen LogP contribution in [-0.4, -0.2) is 64.9 Å². The molecule has 0 saturated carbocycles. The predicted molar refractivity (Wildman–Crippen MR) is 106 cm³/mol. The average Bonchev–Trinajstić information content (AvgIpc) is 2.68. The number of imide groups is 2. The Balaban J connectivity index is 5.22. The second-order valence-corrected chi connectivity index (χ2v) is 8.05. The molecule has 0 radical (unpaired) electrons. The number of aliphatic hydroxyl groups is 2. The van der Waals surface area contributed by atoms with Crippen LogP contribution in [0.1, 0.15) is 48.5 Å². The van der Waals surface area contributed by atoms with Gasteiger partial charge in [-0.3, -0.25) is 29.8 Å². The summed E-state index contributed by atoms with van der Waals surface area (Å²) >= 11 is 0. The van der Waals surface area contributed by atoms with Crippen LogP contribution in [0.15, 0.2) is 0 Å². The Morgan fingerprint density at radius 1 is 0.767 bits per heavy atom. The van der Waals surface area contributed by atoms with Crippen molar-refractivity contribution in [3.8, 4) is 0 Å². The molecule has 0 aromatic carbocycles. The molecule has 6 atom stereocenters. The van der Waals surface area contributed by atoms with Crippen molar-refractivity contribution in [1.29, 1.82) is 0 Å². The zero-order valence-electron chi connectivity index (χ0n) is 18.7. The molecule has 0 aliphatic heterocycles. The maximum absolute atomic E-state index is 12.4. The minimum Gasteiger partial charge on any atom is -0.843 e. The van der Waals surface area contributed by atoms with Crippen molar-refractivity contribution in [1.82, 2.24) is 10.6 Å². The fourth-order valence-corrected chi connectivity index (χ4v) is 2.24. The number of ether oxygens (including phenoxy) is 1. The van der Waals surface area contributed by atoms with Gasteiger partial charge in [0.25, 0.3) is 5.91 Å². The smallest absolute Gasteiger partial charge is 0.258 e. The van der Waals surface area contributed by atoms with Crippen molar-refractivity contribution in [3.63, 3.8) is 0 Å². The summed E-state index contributed by atoms with van der Waals surface area (Å²) in [6, 6.07) is 0. The first-order chi connectivity index (χ1) is 13.8. The molecule has 0 aliphatic carbocycles. The highest BCUT2D eigenvalue weighted by Gasteiger charge is 2.37. The van der Waals surface area contributed by atoms with Crippen LogP contribution < -0.4 is 15.7 Å². The third-order valence-corrected chi connectivity index (χ3v) is 5.15. The van der Waals surface area contributed by atoms with Gasteiger partial charge in [0.1, 0.15) is 6.10 Å². The summed E-state index contributed by atoms with van der Waals surface area (Å²) in [6.45, 7) is 11.7. The molecule has 30 heavy (non-hydrogen) atoms. The summed E-state index contributed by atoms with van der Waals surface area (Å²) in [7, 11) is 0. The second-order valence-electron chi connectivity index (χ2n) is 8.05. The van der Waals surface area contributed by atoms with Crippen LogP contribution in [0, 0.1) is 23.7 Å². The lowest BCUT2D eigenvalue weighted by molar-refractivity contribution is -0.426. The number of carbonyl (C=O) groups excluding carboxylic acids is 4. The lowest BCUT2D eigenvalue weighted by atomic mass is 9.96. The van der Waals surface area contributed by atoms with Gasteiger partial charge in [-0.15, -0.1) is 0 Å². The molecule has 0 bridgehead atoms. The Labute approximate surface area is 177 Å². The molecule has 0 aromatic rings. The van der Waals surface area contributed by atoms with Gasteiger partial charge in [-0.25, -0.2) is 0 Å². The third-order valence-electron chi connectivity index (χ3n) is 5.15. The summed E-state index contributed by atoms with van der Waals surface area (Å²) in [5.41, 5.74) is 0. The molecular weight excluding hydrogens is 396 g/mol. The third kappa shape index (κ3) is 8.10. The SMILES string of the molecule is CCO[C@@H](C(=O)NC(=O)[C@@H](C)C(C)C)[C@H](O)[C@@H](O)[C@@H]([O-])C(=O)NC(=O)[C@@H](C)C(C)C. The van der Waals surface area contributed by atoms with Gasteiger partial charge in [-0.1, -0.05) is 41.5 Å². The number of amides is 4. The van der Waals surface area contributed by atoms with Crippen LogP contribution in [0.3, 0.4) is 0 Å². The topological polar surface area (TPSA) is 165 Å². The maximum atomic E-state index is 12.4. The van der Waals surface area contributed by atoms with E-state index in [1.165, 1.54) is 6.92 Å². The van der Waals surface area contributed by atoms with Gasteiger partial charge < -0.3 is 20.1 Å². The molecule has 0 fully saturated rings. The predicted octanol–water partition coefficient (Wildman–Crippen LogP) is -1.29. The Kier molecular flexibility index (Phi) is 11.9. The molecule has 174 valence electrons. The van der Waals surface area contributed by atoms with E-state index in [1.807, 2.05) is 5.32 Å². The summed E-state index contributed by atoms with van der Waals surface area (Å²) in [5.74, 6) is -4.88. The van der Waals surface area contributed by atoms with Gasteiger partial charge in [0, 0.05) is 18.4 Å². The van der Waals surface area contributed by atoms with E-state index in [1.54, 1.807) is 41.5 Å². The Morgan fingerprint density at radius 2 is 1.17 bits per heavy atom. The van der Waals surface area contributed by atoms with Gasteiger partial charge in [-0.05, 0) is 24.9 Å². The quantitative estimate of drug-likeness (QED) is 0.314. The van der Waals surface area contributed by atoms with Gasteiger partial charge in [-0.2, -0.15) is 0 Å². The summed E-state index contributed by atoms with van der Waals surface area (Å²) in [4.78, 5) is 48.4. The van der Waals surface area contributed by atoms with Crippen LogP contribution in [0.2, 0.25) is 0 Å². The molecule has 0 spiro atoms. The van der Waals surface area contributed by atoms with Crippen molar-refractivity contribution in [2.45, 2.75) is 72.9 Å². The summed E-state index contributed by atoms with van der Waals surface area (Å²) in [5, 5.41) is 36.6. The second kappa shape index (κ2) is 12.7. The highest BCUT2D eigenvalue weighted by molar-refractivity contribution is 5.99. The van der Waals surface area contributed by atoms with Gasteiger partial charge in [0.2, 0.25) is 17.7 Å². The van der Waals surface area contributed by atoms with Gasteiger partial charge in [0.15, 0.2) is 6.10 Å². The first kappa shape index (κ1) is 28.1. The van der Waals surface area contributed by atoms with Gasteiger partial charge in [0.05, 0.1) is 6.10 Å². The van der Waals surface area contributed by atoms with Crippen molar-refractivity contribution >= 4 is 23.6 Å². The van der Waals surface area contributed by atoms with E-state index in [0.29, 0.717) is 0 Å². The number of carbonyl (C=O) groups is 4. The monoisotopic (exact) mass is 431 g/mol. The van der Waals surface area contributed by atoms with E-state index < -0.39 is 59.9 Å². The van der Waals surface area contributed by atoms with Crippen LogP contribution in [0.5, 0.6) is 0 Å². The minimum atomic E-state index is -2.45. The maximum Gasteiger partial charge on any atom is 0.258 e. The summed E-state index contributed by atoms with van der Waals surface area (Å²) < 4.78 is 5.10. The van der Waals surface area contributed by atoms with E-state index >= 15 is 0 Å². The van der Waals surface area contributed by atoms with E-state index in [2.05, 4.69) is 5.32 Å². The number of hydrogen-bond acceptors (Lipinski definition) is 8. The normalized spacial score (nSPS) is 17.6. The van der Waals surface area contributed by atoms with E-state index in [-0.39, 0.29) is 18.4 Å². The van der Waals surface area contributed by atoms with E-state index in [9.17, 15) is 34.5 Å². The van der Waals surface area contributed by atoms with Crippen LogP contribution in [0.4, 0.5) is 0 Å². The lowest BCUT2D eigenvalue weighted by Gasteiger charge is -2.33. The number of aliphatic hydroxyl groups excluding tert-OH is 2. The minimum absolute atomic E-state index is 0.0562. The number of rotatable bonds is 11. The van der Waals surface area contributed by atoms with Crippen molar-refractivity contribution < 1.29 is 39.2 Å². The fourth-order valence-electron chi connectivity index (χ4n) is 2.24. The Hall–Kier alpha value is -1.88. The van der Waals surface area contributed by atoms with Crippen LogP contribution in [0.25, 0.3) is 0 Å². The Bertz CT molecular complexity index is 608. The average molecular weight is 432 g/mol. The first-order valence-electron chi connectivity index (χ1n) is 10.1. The zero-order chi connectivity index (χ0) is 23.8. The van der Waals surface area contributed by atoms with E-state index in [0.717, 1.165) is 0 Å². The number of hydrogen-bond donors (Lipinski definition) is 4. The zero-order valence-corrected chi connectivity index (χ0v) is 18.7. The van der Waals surface area contributed by atoms with Crippen molar-refractivity contribution in [2.24, 2.45) is 23.7 Å². The molecular formula is C20H35N2O8-. The van der Waals surface area contributed by atoms with Crippen molar-refractivity contribution in [3.05, 3.63) is 0 Å². The number of nitrogens with one attached hydrogen (secondary N) is 2. The fraction of sp³-hybridized carbons (Fsp3) is 0.800.